The SMILES string of the molecule is CC.CNCC(=O)OC.CO.O=Cc1cc(-c2cnc3[nH]c(-c4ccc(F)cc4)cc3c2)cs1. The van der Waals surface area contributed by atoms with Crippen LogP contribution in [0.25, 0.3) is 33.4 Å². The van der Waals surface area contributed by atoms with Crippen LogP contribution in [0.2, 0.25) is 0 Å². The number of rotatable bonds is 5. The third-order valence-corrected chi connectivity index (χ3v) is 5.10. The predicted molar refractivity (Wildman–Crippen MR) is 136 cm³/mol. The molecule has 4 rings (SSSR count). The van der Waals surface area contributed by atoms with E-state index in [1.54, 1.807) is 25.4 Å². The quantitative estimate of drug-likeness (QED) is 0.273. The lowest BCUT2D eigenvalue weighted by Gasteiger charge is -1.96. The van der Waals surface area contributed by atoms with Gasteiger partial charge in [-0.1, -0.05) is 13.8 Å². The average Bonchev–Trinajstić information content (AvgIpc) is 3.54. The van der Waals surface area contributed by atoms with Gasteiger partial charge in [-0.15, -0.1) is 11.3 Å². The van der Waals surface area contributed by atoms with Gasteiger partial charge in [0, 0.05) is 30.0 Å². The van der Waals surface area contributed by atoms with E-state index in [9.17, 15) is 14.0 Å². The summed E-state index contributed by atoms with van der Waals surface area (Å²) in [5.74, 6) is -0.490. The van der Waals surface area contributed by atoms with Crippen LogP contribution in [0.4, 0.5) is 4.39 Å². The molecule has 182 valence electrons. The van der Waals surface area contributed by atoms with Gasteiger partial charge in [0.2, 0.25) is 0 Å². The Hall–Kier alpha value is -3.40. The number of thiophene rings is 1. The third kappa shape index (κ3) is 8.18. The number of carbonyl (C=O) groups is 2. The molecule has 0 aliphatic rings. The molecule has 7 nitrogen and oxygen atoms in total. The van der Waals surface area contributed by atoms with Crippen molar-refractivity contribution in [3.63, 3.8) is 0 Å². The molecule has 0 spiro atoms. The third-order valence-electron chi connectivity index (χ3n) is 4.24. The fourth-order valence-electron chi connectivity index (χ4n) is 2.74. The zero-order valence-corrected chi connectivity index (χ0v) is 20.7. The van der Waals surface area contributed by atoms with Gasteiger partial charge in [-0.2, -0.15) is 0 Å². The molecule has 3 heterocycles. The number of aromatic amines is 1. The van der Waals surface area contributed by atoms with Crippen LogP contribution in [0.3, 0.4) is 0 Å². The van der Waals surface area contributed by atoms with E-state index >= 15 is 0 Å². The van der Waals surface area contributed by atoms with Gasteiger partial charge in [-0.05, 0) is 66.0 Å². The zero-order chi connectivity index (χ0) is 25.5. The topological polar surface area (TPSA) is 104 Å². The minimum atomic E-state index is -0.256. The molecule has 0 bridgehead atoms. The van der Waals surface area contributed by atoms with Crippen molar-refractivity contribution >= 4 is 34.6 Å². The minimum Gasteiger partial charge on any atom is -0.468 e. The van der Waals surface area contributed by atoms with E-state index in [0.717, 1.165) is 46.8 Å². The first-order chi connectivity index (χ1) is 16.5. The number of esters is 1. The van der Waals surface area contributed by atoms with Gasteiger partial charge in [-0.25, -0.2) is 9.37 Å². The van der Waals surface area contributed by atoms with Gasteiger partial charge in [0.05, 0.1) is 18.5 Å². The number of H-pyrrole nitrogens is 1. The second-order valence-corrected chi connectivity index (χ2v) is 7.26. The molecule has 4 aromatic rings. The number of hydrogen-bond donors (Lipinski definition) is 3. The highest BCUT2D eigenvalue weighted by molar-refractivity contribution is 7.12. The number of methoxy groups -OCH3 is 1. The molecule has 3 N–H and O–H groups in total. The van der Waals surface area contributed by atoms with Crippen molar-refractivity contribution in [3.05, 3.63) is 64.7 Å². The summed E-state index contributed by atoms with van der Waals surface area (Å²) in [5, 5.41) is 12.6. The molecule has 3 aromatic heterocycles. The molecule has 0 unspecified atom stereocenters. The minimum absolute atomic E-state index is 0.234. The first-order valence-electron chi connectivity index (χ1n) is 10.5. The van der Waals surface area contributed by atoms with Gasteiger partial charge >= 0.3 is 5.97 Å². The van der Waals surface area contributed by atoms with Crippen LogP contribution in [-0.2, 0) is 9.53 Å². The maximum atomic E-state index is 13.0. The molecule has 9 heteroatoms. The molecule has 34 heavy (non-hydrogen) atoms. The fourth-order valence-corrected chi connectivity index (χ4v) is 3.46. The first kappa shape index (κ1) is 28.6. The number of pyridine rings is 1. The smallest absolute Gasteiger partial charge is 0.319 e. The molecule has 0 saturated carbocycles. The number of halogens is 1. The van der Waals surface area contributed by atoms with Crippen LogP contribution >= 0.6 is 11.3 Å². The van der Waals surface area contributed by atoms with E-state index in [1.807, 2.05) is 37.4 Å². The molecule has 0 aliphatic carbocycles. The molecule has 0 amide bonds. The lowest BCUT2D eigenvalue weighted by Crippen LogP contribution is -2.19. The standard InChI is InChI=1S/C18H11FN2OS.C4H9NO2.C2H6.CH4O/c19-15-3-1-11(2-4-15)17-7-12-5-13(8-20-18(12)21-17)14-6-16(9-22)23-10-14;1-5-3-4(6)7-2;2*1-2/h1-10H,(H,20,21);5H,3H2,1-2H3;1-2H3;2H,1H3. The molecular weight excluding hydrogens is 457 g/mol. The van der Waals surface area contributed by atoms with Crippen LogP contribution in [0.5, 0.6) is 0 Å². The number of aliphatic hydroxyl groups is 1. The Morgan fingerprint density at radius 1 is 1.15 bits per heavy atom. The van der Waals surface area contributed by atoms with Gasteiger partial charge in [-0.3, -0.25) is 9.59 Å². The highest BCUT2D eigenvalue weighted by atomic mass is 32.1. The number of ether oxygens (including phenoxy) is 1. The number of carbonyl (C=O) groups excluding carboxylic acids is 2. The number of fused-ring (bicyclic) bond motifs is 1. The second kappa shape index (κ2) is 15.4. The summed E-state index contributed by atoms with van der Waals surface area (Å²) in [6.45, 7) is 4.29. The Bertz CT molecular complexity index is 1160. The van der Waals surface area contributed by atoms with Crippen LogP contribution < -0.4 is 5.32 Å². The number of aromatic nitrogens is 2. The zero-order valence-electron chi connectivity index (χ0n) is 19.9. The summed E-state index contributed by atoms with van der Waals surface area (Å²) in [4.78, 5) is 29.3. The number of aliphatic hydroxyl groups excluding tert-OH is 1. The summed E-state index contributed by atoms with van der Waals surface area (Å²) in [6.07, 6.45) is 2.63. The number of nitrogens with one attached hydrogen (secondary N) is 2. The number of nitrogens with zero attached hydrogens (tertiary/aromatic N) is 1. The molecule has 0 saturated heterocycles. The Kier molecular flexibility index (Phi) is 13.0. The summed E-state index contributed by atoms with van der Waals surface area (Å²) in [5.41, 5.74) is 4.52. The Morgan fingerprint density at radius 2 is 1.82 bits per heavy atom. The second-order valence-electron chi connectivity index (χ2n) is 6.31. The van der Waals surface area contributed by atoms with Crippen LogP contribution in [0.15, 0.2) is 54.0 Å². The molecule has 1 aromatic carbocycles. The van der Waals surface area contributed by atoms with E-state index < -0.39 is 0 Å². The number of hydrogen-bond acceptors (Lipinski definition) is 7. The fraction of sp³-hybridized carbons (Fsp3) is 0.240. The van der Waals surface area contributed by atoms with Crippen molar-refractivity contribution < 1.29 is 23.8 Å². The maximum Gasteiger partial charge on any atom is 0.319 e. The first-order valence-corrected chi connectivity index (χ1v) is 11.4. The Labute approximate surface area is 202 Å². The number of aldehydes is 1. The summed E-state index contributed by atoms with van der Waals surface area (Å²) < 4.78 is 17.3. The van der Waals surface area contributed by atoms with E-state index in [2.05, 4.69) is 20.0 Å². The lowest BCUT2D eigenvalue weighted by molar-refractivity contribution is -0.139. The summed E-state index contributed by atoms with van der Waals surface area (Å²) in [6, 6.07) is 12.2. The normalized spacial score (nSPS) is 9.50. The molecule has 0 aliphatic heterocycles. The molecular formula is C25H30FN3O4S. The van der Waals surface area contributed by atoms with Crippen molar-refractivity contribution in [2.45, 2.75) is 13.8 Å². The van der Waals surface area contributed by atoms with Crippen molar-refractivity contribution in [3.8, 4) is 22.4 Å². The van der Waals surface area contributed by atoms with Gasteiger partial charge < -0.3 is 20.1 Å². The number of benzene rings is 1. The molecule has 0 atom stereocenters. The Morgan fingerprint density at radius 3 is 2.35 bits per heavy atom. The number of likely N-dealkylation sites (N-methyl/N-ethyl adjacent to an activating group) is 1. The van der Waals surface area contributed by atoms with E-state index in [-0.39, 0.29) is 18.3 Å². The largest absolute Gasteiger partial charge is 0.468 e. The summed E-state index contributed by atoms with van der Waals surface area (Å²) >= 11 is 1.41. The van der Waals surface area contributed by atoms with Gasteiger partial charge in [0.15, 0.2) is 6.29 Å². The Balaban J connectivity index is 0.000000450. The van der Waals surface area contributed by atoms with Crippen molar-refractivity contribution in [2.24, 2.45) is 0 Å². The lowest BCUT2D eigenvalue weighted by atomic mass is 10.1. The van der Waals surface area contributed by atoms with Crippen molar-refractivity contribution in [1.82, 2.24) is 15.3 Å². The van der Waals surface area contributed by atoms with Crippen LogP contribution in [0.1, 0.15) is 23.5 Å². The van der Waals surface area contributed by atoms with Crippen LogP contribution in [0, 0.1) is 5.82 Å². The van der Waals surface area contributed by atoms with E-state index in [0.29, 0.717) is 4.88 Å². The predicted octanol–water partition coefficient (Wildman–Crippen LogP) is 4.92. The van der Waals surface area contributed by atoms with Gasteiger partial charge in [0.25, 0.3) is 0 Å². The molecule has 0 fully saturated rings. The van der Waals surface area contributed by atoms with Gasteiger partial charge in [0.1, 0.15) is 11.5 Å². The maximum absolute atomic E-state index is 13.0. The van der Waals surface area contributed by atoms with E-state index in [1.165, 1.54) is 30.6 Å². The average molecular weight is 488 g/mol. The molecule has 0 radical (unpaired) electrons. The van der Waals surface area contributed by atoms with Crippen molar-refractivity contribution in [1.29, 1.82) is 0 Å². The van der Waals surface area contributed by atoms with E-state index in [4.69, 9.17) is 5.11 Å². The monoisotopic (exact) mass is 487 g/mol. The highest BCUT2D eigenvalue weighted by Gasteiger charge is 2.08. The highest BCUT2D eigenvalue weighted by Crippen LogP contribution is 2.29. The summed E-state index contributed by atoms with van der Waals surface area (Å²) in [7, 11) is 4.05. The van der Waals surface area contributed by atoms with Crippen molar-refractivity contribution in [2.75, 3.05) is 27.8 Å². The van der Waals surface area contributed by atoms with Crippen LogP contribution in [-0.4, -0.2) is 55.1 Å².